The van der Waals surface area contributed by atoms with Gasteiger partial charge in [-0.1, -0.05) is 6.07 Å². The Morgan fingerprint density at radius 1 is 1.29 bits per heavy atom. The first-order valence-corrected chi connectivity index (χ1v) is 7.92. The second-order valence-electron chi connectivity index (χ2n) is 5.12. The summed E-state index contributed by atoms with van der Waals surface area (Å²) in [6.07, 6.45) is 2.46. The predicted octanol–water partition coefficient (Wildman–Crippen LogP) is 4.38. The summed E-state index contributed by atoms with van der Waals surface area (Å²) in [6.45, 7) is 1.95. The van der Waals surface area contributed by atoms with Crippen LogP contribution < -0.4 is 5.32 Å². The Bertz CT molecular complexity index is 959. The van der Waals surface area contributed by atoms with Crippen molar-refractivity contribution >= 4 is 22.9 Å². The first kappa shape index (κ1) is 15.8. The number of anilines is 1. The van der Waals surface area contributed by atoms with E-state index in [9.17, 15) is 9.18 Å². The molecule has 0 aliphatic rings. The highest BCUT2D eigenvalue weighted by atomic mass is 32.1. The molecule has 6 heteroatoms. The van der Waals surface area contributed by atoms with Crippen molar-refractivity contribution in [2.45, 2.75) is 6.92 Å². The minimum absolute atomic E-state index is 0.0904. The van der Waals surface area contributed by atoms with Crippen molar-refractivity contribution in [2.24, 2.45) is 0 Å². The van der Waals surface area contributed by atoms with Crippen LogP contribution in [0.15, 0.2) is 48.8 Å². The molecular formula is C18H12FN3OS. The average molecular weight is 337 g/mol. The van der Waals surface area contributed by atoms with E-state index in [0.29, 0.717) is 10.4 Å². The van der Waals surface area contributed by atoms with Gasteiger partial charge in [0.1, 0.15) is 0 Å². The number of aromatic nitrogens is 1. The van der Waals surface area contributed by atoms with E-state index in [0.717, 1.165) is 22.2 Å². The largest absolute Gasteiger partial charge is 0.319 e. The SMILES string of the molecule is Cc1ccc(C#N)cc1-c1ccc(C(=O)Nc2ccncc2F)s1. The molecule has 1 N–H and O–H groups in total. The Kier molecular flexibility index (Phi) is 4.36. The summed E-state index contributed by atoms with van der Waals surface area (Å²) >= 11 is 1.29. The van der Waals surface area contributed by atoms with E-state index in [4.69, 9.17) is 5.26 Å². The normalized spacial score (nSPS) is 10.2. The van der Waals surface area contributed by atoms with Gasteiger partial charge in [-0.3, -0.25) is 9.78 Å². The van der Waals surface area contributed by atoms with Gasteiger partial charge in [0, 0.05) is 11.1 Å². The highest BCUT2D eigenvalue weighted by molar-refractivity contribution is 7.17. The van der Waals surface area contributed by atoms with Crippen molar-refractivity contribution in [1.29, 1.82) is 5.26 Å². The second-order valence-corrected chi connectivity index (χ2v) is 6.20. The van der Waals surface area contributed by atoms with Gasteiger partial charge in [0.15, 0.2) is 5.82 Å². The van der Waals surface area contributed by atoms with Gasteiger partial charge in [-0.2, -0.15) is 5.26 Å². The first-order chi connectivity index (χ1) is 11.6. The maximum atomic E-state index is 13.6. The maximum absolute atomic E-state index is 13.6. The van der Waals surface area contributed by atoms with E-state index in [-0.39, 0.29) is 11.6 Å². The molecule has 3 aromatic rings. The number of benzene rings is 1. The molecule has 0 bridgehead atoms. The number of amides is 1. The summed E-state index contributed by atoms with van der Waals surface area (Å²) in [4.78, 5) is 17.3. The van der Waals surface area contributed by atoms with Gasteiger partial charge in [-0.15, -0.1) is 11.3 Å². The van der Waals surface area contributed by atoms with Crippen molar-refractivity contribution < 1.29 is 9.18 Å². The van der Waals surface area contributed by atoms with Gasteiger partial charge in [-0.05, 0) is 48.4 Å². The van der Waals surface area contributed by atoms with Crippen LogP contribution in [-0.4, -0.2) is 10.9 Å². The fourth-order valence-corrected chi connectivity index (χ4v) is 3.20. The third kappa shape index (κ3) is 3.16. The van der Waals surface area contributed by atoms with Crippen molar-refractivity contribution in [3.63, 3.8) is 0 Å². The minimum Gasteiger partial charge on any atom is -0.319 e. The van der Waals surface area contributed by atoms with Gasteiger partial charge in [0.25, 0.3) is 5.91 Å². The first-order valence-electron chi connectivity index (χ1n) is 7.10. The van der Waals surface area contributed by atoms with Crippen LogP contribution in [0.3, 0.4) is 0 Å². The van der Waals surface area contributed by atoms with Crippen LogP contribution in [-0.2, 0) is 0 Å². The van der Waals surface area contributed by atoms with Crippen LogP contribution in [0.1, 0.15) is 20.8 Å². The third-order valence-electron chi connectivity index (χ3n) is 3.48. The van der Waals surface area contributed by atoms with E-state index in [1.54, 1.807) is 18.2 Å². The van der Waals surface area contributed by atoms with Crippen molar-refractivity contribution in [1.82, 2.24) is 4.98 Å². The number of hydrogen-bond acceptors (Lipinski definition) is 4. The molecule has 0 saturated carbocycles. The number of carbonyl (C=O) groups excluding carboxylic acids is 1. The van der Waals surface area contributed by atoms with E-state index in [1.165, 1.54) is 23.6 Å². The number of nitriles is 1. The van der Waals surface area contributed by atoms with Crippen molar-refractivity contribution in [3.8, 4) is 16.5 Å². The molecule has 24 heavy (non-hydrogen) atoms. The number of nitrogens with one attached hydrogen (secondary N) is 1. The predicted molar refractivity (Wildman–Crippen MR) is 91.4 cm³/mol. The zero-order chi connectivity index (χ0) is 17.1. The van der Waals surface area contributed by atoms with Crippen LogP contribution in [0.5, 0.6) is 0 Å². The summed E-state index contributed by atoms with van der Waals surface area (Å²) in [5, 5.41) is 11.6. The summed E-state index contributed by atoms with van der Waals surface area (Å²) in [5.41, 5.74) is 2.58. The molecular weight excluding hydrogens is 325 g/mol. The van der Waals surface area contributed by atoms with Gasteiger partial charge in [-0.25, -0.2) is 4.39 Å². The number of halogens is 1. The lowest BCUT2D eigenvalue weighted by Gasteiger charge is -2.04. The molecule has 1 aromatic carbocycles. The van der Waals surface area contributed by atoms with E-state index < -0.39 is 5.82 Å². The number of pyridine rings is 1. The van der Waals surface area contributed by atoms with Crippen molar-refractivity contribution in [3.05, 3.63) is 70.6 Å². The molecule has 118 valence electrons. The lowest BCUT2D eigenvalue weighted by atomic mass is 10.0. The molecule has 0 aliphatic carbocycles. The molecule has 0 aliphatic heterocycles. The standard InChI is InChI=1S/C18H12FN3OS/c1-11-2-3-12(9-20)8-13(11)16-4-5-17(24-16)18(23)22-15-6-7-21-10-14(15)19/h2-8,10H,1H3,(H,21,22,23). The topological polar surface area (TPSA) is 65.8 Å². The summed E-state index contributed by atoms with van der Waals surface area (Å²) < 4.78 is 13.6. The quantitative estimate of drug-likeness (QED) is 0.771. The maximum Gasteiger partial charge on any atom is 0.265 e. The highest BCUT2D eigenvalue weighted by Gasteiger charge is 2.14. The molecule has 4 nitrogen and oxygen atoms in total. The highest BCUT2D eigenvalue weighted by Crippen LogP contribution is 2.31. The van der Waals surface area contributed by atoms with Crippen LogP contribution in [0.25, 0.3) is 10.4 Å². The molecule has 3 rings (SSSR count). The molecule has 0 fully saturated rings. The molecule has 0 saturated heterocycles. The zero-order valence-electron chi connectivity index (χ0n) is 12.7. The number of nitrogens with zero attached hydrogens (tertiary/aromatic N) is 2. The number of thiophene rings is 1. The number of aryl methyl sites for hydroxylation is 1. The average Bonchev–Trinajstić information content (AvgIpc) is 3.07. The summed E-state index contributed by atoms with van der Waals surface area (Å²) in [7, 11) is 0. The van der Waals surface area contributed by atoms with E-state index >= 15 is 0 Å². The number of hydrogen-bond donors (Lipinski definition) is 1. The fourth-order valence-electron chi connectivity index (χ4n) is 2.22. The van der Waals surface area contributed by atoms with E-state index in [2.05, 4.69) is 16.4 Å². The van der Waals surface area contributed by atoms with Crippen LogP contribution in [0.2, 0.25) is 0 Å². The molecule has 2 heterocycles. The molecule has 0 radical (unpaired) electrons. The Hall–Kier alpha value is -3.04. The Balaban J connectivity index is 1.87. The van der Waals surface area contributed by atoms with Gasteiger partial charge < -0.3 is 5.32 Å². The van der Waals surface area contributed by atoms with E-state index in [1.807, 2.05) is 19.1 Å². The lowest BCUT2D eigenvalue weighted by Crippen LogP contribution is -2.11. The van der Waals surface area contributed by atoms with Crippen LogP contribution in [0, 0.1) is 24.1 Å². The van der Waals surface area contributed by atoms with Gasteiger partial charge >= 0.3 is 0 Å². The number of rotatable bonds is 3. The molecule has 0 spiro atoms. The second kappa shape index (κ2) is 6.60. The Morgan fingerprint density at radius 2 is 2.12 bits per heavy atom. The summed E-state index contributed by atoms with van der Waals surface area (Å²) in [5.74, 6) is -0.967. The van der Waals surface area contributed by atoms with Crippen LogP contribution in [0.4, 0.5) is 10.1 Å². The van der Waals surface area contributed by atoms with Crippen molar-refractivity contribution in [2.75, 3.05) is 5.32 Å². The third-order valence-corrected chi connectivity index (χ3v) is 4.60. The molecule has 0 atom stereocenters. The fraction of sp³-hybridized carbons (Fsp3) is 0.0556. The smallest absolute Gasteiger partial charge is 0.265 e. The number of carbonyl (C=O) groups is 1. The summed E-state index contributed by atoms with van der Waals surface area (Å²) in [6, 6.07) is 12.5. The molecule has 2 aromatic heterocycles. The Morgan fingerprint density at radius 3 is 2.88 bits per heavy atom. The monoisotopic (exact) mass is 337 g/mol. The zero-order valence-corrected chi connectivity index (χ0v) is 13.5. The molecule has 0 unspecified atom stereocenters. The van der Waals surface area contributed by atoms with Gasteiger partial charge in [0.05, 0.1) is 28.4 Å². The molecule has 1 amide bonds. The Labute approximate surface area is 142 Å². The van der Waals surface area contributed by atoms with Crippen LogP contribution >= 0.6 is 11.3 Å². The lowest BCUT2D eigenvalue weighted by molar-refractivity contribution is 0.103. The minimum atomic E-state index is -0.583. The van der Waals surface area contributed by atoms with Gasteiger partial charge in [0.2, 0.25) is 0 Å².